The molecule has 35 heavy (non-hydrogen) atoms. The largest absolute Gasteiger partial charge is 0.491 e. The molecule has 8 nitrogen and oxygen atoms in total. The first kappa shape index (κ1) is 23.9. The van der Waals surface area contributed by atoms with E-state index in [2.05, 4.69) is 4.98 Å². The van der Waals surface area contributed by atoms with Gasteiger partial charge in [-0.1, -0.05) is 36.4 Å². The van der Waals surface area contributed by atoms with Crippen molar-refractivity contribution in [2.24, 2.45) is 11.7 Å². The second-order valence-corrected chi connectivity index (χ2v) is 8.56. The third-order valence-corrected chi connectivity index (χ3v) is 6.20. The molecule has 0 saturated carbocycles. The molecule has 0 unspecified atom stereocenters. The number of rotatable bonds is 8. The van der Waals surface area contributed by atoms with Gasteiger partial charge in [0.05, 0.1) is 19.6 Å². The van der Waals surface area contributed by atoms with Crippen molar-refractivity contribution in [2.45, 2.75) is 18.9 Å². The molecule has 2 aromatic carbocycles. The van der Waals surface area contributed by atoms with Gasteiger partial charge in [0.25, 0.3) is 5.91 Å². The molecule has 0 bridgehead atoms. The quantitative estimate of drug-likeness (QED) is 0.294. The zero-order valence-electron chi connectivity index (χ0n) is 19.5. The fourth-order valence-corrected chi connectivity index (χ4v) is 4.33. The van der Waals surface area contributed by atoms with Crippen LogP contribution in [0.3, 0.4) is 0 Å². The molecule has 1 aromatic heterocycles. The number of nitrogens with zero attached hydrogens (tertiary/aromatic N) is 2. The molecule has 3 N–H and O–H groups in total. The monoisotopic (exact) mass is 472 g/mol. The molecule has 8 heteroatoms. The normalized spacial score (nSPS) is 17.1. The number of methoxy groups -OCH3 is 1. The summed E-state index contributed by atoms with van der Waals surface area (Å²) in [6.07, 6.45) is 4.11. The smallest absolute Gasteiger partial charge is 0.305 e. The fraction of sp³-hybridized carbons (Fsp3) is 0.259. The zero-order chi connectivity index (χ0) is 24.8. The molecule has 1 aliphatic rings. The number of nitrogens with two attached hydrogens (primary N) is 1. The number of likely N-dealkylation sites (tertiary alicyclic amines) is 1. The maximum atomic E-state index is 13.1. The van der Waals surface area contributed by atoms with Gasteiger partial charge in [-0.25, -0.2) is 0 Å². The Morgan fingerprint density at radius 2 is 1.63 bits per heavy atom. The number of ether oxygens (including phenoxy) is 2. The van der Waals surface area contributed by atoms with E-state index >= 15 is 0 Å². The van der Waals surface area contributed by atoms with Crippen molar-refractivity contribution in [3.05, 3.63) is 84.2 Å². The summed E-state index contributed by atoms with van der Waals surface area (Å²) in [5.74, 6) is 0.374. The first-order valence-corrected chi connectivity index (χ1v) is 11.4. The number of carbonyl (C=O) groups excluding carboxylic acids is 2. The van der Waals surface area contributed by atoms with Gasteiger partial charge in [-0.05, 0) is 47.7 Å². The first-order valence-electron chi connectivity index (χ1n) is 11.4. The van der Waals surface area contributed by atoms with Crippen molar-refractivity contribution >= 4 is 17.7 Å². The van der Waals surface area contributed by atoms with Crippen molar-refractivity contribution in [2.75, 3.05) is 20.3 Å². The molecule has 3 aromatic rings. The summed E-state index contributed by atoms with van der Waals surface area (Å²) in [6.45, 7) is 0.792. The Morgan fingerprint density at radius 1 is 1.00 bits per heavy atom. The lowest BCUT2D eigenvalue weighted by Crippen LogP contribution is -2.39. The molecular formula is C27H28N4O4. The lowest BCUT2D eigenvalue weighted by atomic mass is 10.0. The van der Waals surface area contributed by atoms with Gasteiger partial charge < -0.3 is 20.1 Å². The predicted molar refractivity (Wildman–Crippen MR) is 132 cm³/mol. The third kappa shape index (κ3) is 5.84. The molecule has 0 aliphatic carbocycles. The van der Waals surface area contributed by atoms with Crippen molar-refractivity contribution in [3.8, 4) is 16.9 Å². The van der Waals surface area contributed by atoms with Gasteiger partial charge in [0.15, 0.2) is 0 Å². The summed E-state index contributed by atoms with van der Waals surface area (Å²) in [4.78, 5) is 30.7. The number of hydrogen-bond acceptors (Lipinski definition) is 6. The Bertz CT molecular complexity index is 1180. The number of carbonyl (C=O) groups is 2. The second kappa shape index (κ2) is 10.8. The van der Waals surface area contributed by atoms with E-state index < -0.39 is 0 Å². The minimum Gasteiger partial charge on any atom is -0.491 e. The van der Waals surface area contributed by atoms with Crippen LogP contribution >= 0.6 is 0 Å². The highest BCUT2D eigenvalue weighted by Gasteiger charge is 2.37. The van der Waals surface area contributed by atoms with Gasteiger partial charge in [0.2, 0.25) is 0 Å². The molecule has 1 aliphatic heterocycles. The number of benzene rings is 2. The molecular weight excluding hydrogens is 444 g/mol. The standard InChI is InChI=1S/C27H28N4O4/c1-34-25(32)15-18-14-23(31(16-18)27(33)22-10-12-30-13-11-22)17-35-24-8-6-20(7-9-24)19-2-4-21(5-3-19)26(28)29/h2-13,18,23H,14-17H2,1H3,(H3,28,29)/t18-,23-/m0/s1. The van der Waals surface area contributed by atoms with Crippen LogP contribution in [0.25, 0.3) is 11.1 Å². The number of pyridine rings is 1. The van der Waals surface area contributed by atoms with Crippen molar-refractivity contribution in [3.63, 3.8) is 0 Å². The van der Waals surface area contributed by atoms with Gasteiger partial charge in [-0.15, -0.1) is 0 Å². The zero-order valence-corrected chi connectivity index (χ0v) is 19.5. The topological polar surface area (TPSA) is 119 Å². The van der Waals surface area contributed by atoms with Gasteiger partial charge in [-0.3, -0.25) is 20.0 Å². The minimum atomic E-state index is -0.278. The van der Waals surface area contributed by atoms with Crippen LogP contribution in [0, 0.1) is 11.3 Å². The van der Waals surface area contributed by atoms with Crippen molar-refractivity contribution < 1.29 is 19.1 Å². The number of nitrogens with one attached hydrogen (secondary N) is 1. The fourth-order valence-electron chi connectivity index (χ4n) is 4.33. The third-order valence-electron chi connectivity index (χ3n) is 6.20. The number of amidine groups is 1. The maximum absolute atomic E-state index is 13.1. The molecule has 1 saturated heterocycles. The number of hydrogen-bond donors (Lipinski definition) is 2. The van der Waals surface area contributed by atoms with Crippen molar-refractivity contribution in [1.82, 2.24) is 9.88 Å². The average molecular weight is 473 g/mol. The Labute approximate surface area is 204 Å². The maximum Gasteiger partial charge on any atom is 0.305 e. The number of esters is 1. The minimum absolute atomic E-state index is 0.0159. The second-order valence-electron chi connectivity index (χ2n) is 8.56. The van der Waals surface area contributed by atoms with E-state index in [1.807, 2.05) is 48.5 Å². The summed E-state index contributed by atoms with van der Waals surface area (Å²) in [5, 5.41) is 7.51. The Kier molecular flexibility index (Phi) is 7.40. The van der Waals surface area contributed by atoms with Gasteiger partial charge in [0, 0.05) is 30.1 Å². The summed E-state index contributed by atoms with van der Waals surface area (Å²) in [7, 11) is 1.37. The summed E-state index contributed by atoms with van der Waals surface area (Å²) < 4.78 is 10.9. The van der Waals surface area contributed by atoms with Crippen LogP contribution in [0.2, 0.25) is 0 Å². The van der Waals surface area contributed by atoms with E-state index in [9.17, 15) is 9.59 Å². The van der Waals surface area contributed by atoms with E-state index in [1.165, 1.54) is 7.11 Å². The Hall–Kier alpha value is -4.20. The first-order chi connectivity index (χ1) is 16.9. The molecule has 0 radical (unpaired) electrons. The van der Waals surface area contributed by atoms with E-state index in [1.54, 1.807) is 29.4 Å². The highest BCUT2D eigenvalue weighted by atomic mass is 16.5. The van der Waals surface area contributed by atoms with Crippen LogP contribution in [0.4, 0.5) is 0 Å². The van der Waals surface area contributed by atoms with E-state index in [4.69, 9.17) is 20.6 Å². The summed E-state index contributed by atoms with van der Waals surface area (Å²) in [6, 6.07) is 18.4. The van der Waals surface area contributed by atoms with Crippen molar-refractivity contribution in [1.29, 1.82) is 5.41 Å². The van der Waals surface area contributed by atoms with Gasteiger partial charge >= 0.3 is 5.97 Å². The highest BCUT2D eigenvalue weighted by Crippen LogP contribution is 2.29. The molecule has 0 spiro atoms. The molecule has 4 rings (SSSR count). The summed E-state index contributed by atoms with van der Waals surface area (Å²) in [5.41, 5.74) is 8.79. The Morgan fingerprint density at radius 3 is 2.23 bits per heavy atom. The molecule has 1 amide bonds. The number of nitrogen functional groups attached to an aromatic ring is 1. The van der Waals surface area contributed by atoms with Gasteiger partial charge in [0.1, 0.15) is 18.2 Å². The summed E-state index contributed by atoms with van der Waals surface area (Å²) >= 11 is 0. The van der Waals surface area contributed by atoms with Gasteiger partial charge in [-0.2, -0.15) is 0 Å². The lowest BCUT2D eigenvalue weighted by molar-refractivity contribution is -0.141. The average Bonchev–Trinajstić information content (AvgIpc) is 3.30. The van der Waals surface area contributed by atoms with Crippen LogP contribution in [-0.2, 0) is 9.53 Å². The predicted octanol–water partition coefficient (Wildman–Crippen LogP) is 3.51. The van der Waals surface area contributed by atoms with Crippen LogP contribution in [0.5, 0.6) is 5.75 Å². The molecule has 2 heterocycles. The van der Waals surface area contributed by atoms with Crippen LogP contribution in [-0.4, -0.2) is 53.9 Å². The number of aromatic nitrogens is 1. The van der Waals surface area contributed by atoms with Crippen LogP contribution in [0.15, 0.2) is 73.1 Å². The molecule has 2 atom stereocenters. The van der Waals surface area contributed by atoms with E-state index in [0.29, 0.717) is 36.4 Å². The van der Waals surface area contributed by atoms with E-state index in [-0.39, 0.29) is 36.1 Å². The highest BCUT2D eigenvalue weighted by molar-refractivity contribution is 5.95. The lowest BCUT2D eigenvalue weighted by Gasteiger charge is -2.25. The molecule has 1 fully saturated rings. The SMILES string of the molecule is COC(=O)C[C@@H]1C[C@@H](COc2ccc(-c3ccc(C(=N)N)cc3)cc2)N(C(=O)c2ccncc2)C1. The number of amides is 1. The Balaban J connectivity index is 1.43. The molecule has 180 valence electrons. The van der Waals surface area contributed by atoms with Crippen LogP contribution in [0.1, 0.15) is 28.8 Å². The van der Waals surface area contributed by atoms with E-state index in [0.717, 1.165) is 11.1 Å². The van der Waals surface area contributed by atoms with Crippen LogP contribution < -0.4 is 10.5 Å².